The first kappa shape index (κ1) is 15.6. The lowest BCUT2D eigenvalue weighted by Gasteiger charge is -2.32. The van der Waals surface area contributed by atoms with E-state index in [2.05, 4.69) is 19.9 Å². The maximum Gasteiger partial charge on any atom is 0.254 e. The fourth-order valence-corrected chi connectivity index (χ4v) is 2.60. The number of imidazole rings is 1. The summed E-state index contributed by atoms with van der Waals surface area (Å²) in [6.45, 7) is 3.05. The summed E-state index contributed by atoms with van der Waals surface area (Å²) in [6, 6.07) is 3.68. The fraction of sp³-hybridized carbons (Fsp3) is 0.438. The number of hydrogen-bond donors (Lipinski definition) is 1. The number of aromatic nitrogens is 3. The summed E-state index contributed by atoms with van der Waals surface area (Å²) in [7, 11) is 3.46. The van der Waals surface area contributed by atoms with Crippen LogP contribution < -0.4 is 0 Å². The van der Waals surface area contributed by atoms with Crippen molar-refractivity contribution < 1.29 is 9.53 Å². The van der Waals surface area contributed by atoms with E-state index in [4.69, 9.17) is 4.74 Å². The molecule has 0 spiro atoms. The van der Waals surface area contributed by atoms with E-state index in [0.29, 0.717) is 12.2 Å². The van der Waals surface area contributed by atoms with E-state index in [1.165, 1.54) is 0 Å². The smallest absolute Gasteiger partial charge is 0.254 e. The van der Waals surface area contributed by atoms with Gasteiger partial charge in [-0.15, -0.1) is 0 Å². The number of rotatable bonds is 4. The Morgan fingerprint density at radius 2 is 2.30 bits per heavy atom. The summed E-state index contributed by atoms with van der Waals surface area (Å²) < 4.78 is 5.83. The number of morpholine rings is 1. The normalized spacial score (nSPS) is 18.8. The molecule has 1 atom stereocenters. The van der Waals surface area contributed by atoms with E-state index < -0.39 is 0 Å². The number of carbonyl (C=O) groups excluding carboxylic acids is 1. The molecule has 1 aliphatic heterocycles. The molecule has 1 N–H and O–H groups in total. The highest BCUT2D eigenvalue weighted by Gasteiger charge is 2.23. The standard InChI is InChI=1S/C16H21N5O2/c1-20(2)16(22)12-3-4-13(19-9-12)14-10-21(7-8-23-14)11-15-17-5-6-18-15/h3-6,9,14H,7-8,10-11H2,1-2H3,(H,17,18)/t14-/m0/s1. The summed E-state index contributed by atoms with van der Waals surface area (Å²) >= 11 is 0. The summed E-state index contributed by atoms with van der Waals surface area (Å²) in [5.74, 6) is 0.901. The molecule has 1 saturated heterocycles. The molecule has 3 rings (SSSR count). The van der Waals surface area contributed by atoms with Gasteiger partial charge in [0, 0.05) is 45.8 Å². The van der Waals surface area contributed by atoms with Crippen molar-refractivity contribution in [1.82, 2.24) is 24.8 Å². The lowest BCUT2D eigenvalue weighted by atomic mass is 10.1. The van der Waals surface area contributed by atoms with Crippen molar-refractivity contribution in [3.05, 3.63) is 47.8 Å². The minimum atomic E-state index is -0.0813. The van der Waals surface area contributed by atoms with Crippen LogP contribution in [0, 0.1) is 0 Å². The van der Waals surface area contributed by atoms with E-state index >= 15 is 0 Å². The molecule has 0 aromatic carbocycles. The predicted molar refractivity (Wildman–Crippen MR) is 84.8 cm³/mol. The Bertz CT molecular complexity index is 639. The molecule has 2 aromatic rings. The van der Waals surface area contributed by atoms with Crippen LogP contribution >= 0.6 is 0 Å². The molecule has 0 unspecified atom stereocenters. The molecule has 0 bridgehead atoms. The highest BCUT2D eigenvalue weighted by Crippen LogP contribution is 2.21. The molecule has 122 valence electrons. The summed E-state index contributed by atoms with van der Waals surface area (Å²) in [4.78, 5) is 27.5. The molecule has 3 heterocycles. The van der Waals surface area contributed by atoms with Gasteiger partial charge in [-0.2, -0.15) is 0 Å². The number of pyridine rings is 1. The van der Waals surface area contributed by atoms with Gasteiger partial charge in [-0.25, -0.2) is 4.98 Å². The summed E-state index contributed by atoms with van der Waals surface area (Å²) in [5.41, 5.74) is 1.44. The van der Waals surface area contributed by atoms with Crippen molar-refractivity contribution >= 4 is 5.91 Å². The molecule has 2 aromatic heterocycles. The molecule has 0 aliphatic carbocycles. The summed E-state index contributed by atoms with van der Waals surface area (Å²) in [5, 5.41) is 0. The largest absolute Gasteiger partial charge is 0.369 e. The number of carbonyl (C=O) groups is 1. The molecule has 0 saturated carbocycles. The number of hydrogen-bond acceptors (Lipinski definition) is 5. The Hall–Kier alpha value is -2.25. The maximum atomic E-state index is 11.9. The van der Waals surface area contributed by atoms with Crippen LogP contribution in [0.3, 0.4) is 0 Å². The molecule has 1 fully saturated rings. The van der Waals surface area contributed by atoms with Gasteiger partial charge in [-0.3, -0.25) is 14.7 Å². The highest BCUT2D eigenvalue weighted by atomic mass is 16.5. The average Bonchev–Trinajstić information content (AvgIpc) is 3.07. The minimum absolute atomic E-state index is 0.0481. The number of amides is 1. The van der Waals surface area contributed by atoms with Gasteiger partial charge in [0.25, 0.3) is 5.91 Å². The third kappa shape index (κ3) is 3.75. The molecular weight excluding hydrogens is 294 g/mol. The topological polar surface area (TPSA) is 74.4 Å². The van der Waals surface area contributed by atoms with Crippen molar-refractivity contribution in [2.24, 2.45) is 0 Å². The Morgan fingerprint density at radius 1 is 1.43 bits per heavy atom. The van der Waals surface area contributed by atoms with Crippen LogP contribution in [0.2, 0.25) is 0 Å². The first-order valence-corrected chi connectivity index (χ1v) is 7.63. The Kier molecular flexibility index (Phi) is 4.68. The SMILES string of the molecule is CN(C)C(=O)c1ccc([C@@H]2CN(Cc3ncc[nH]3)CCO2)nc1. The van der Waals surface area contributed by atoms with Gasteiger partial charge in [-0.05, 0) is 12.1 Å². The van der Waals surface area contributed by atoms with E-state index in [1.807, 2.05) is 12.3 Å². The number of aromatic amines is 1. The van der Waals surface area contributed by atoms with Gasteiger partial charge < -0.3 is 14.6 Å². The van der Waals surface area contributed by atoms with Crippen LogP contribution in [0.15, 0.2) is 30.7 Å². The highest BCUT2D eigenvalue weighted by molar-refractivity contribution is 5.93. The zero-order valence-electron chi connectivity index (χ0n) is 13.4. The molecule has 0 radical (unpaired) electrons. The van der Waals surface area contributed by atoms with Crippen molar-refractivity contribution in [3.63, 3.8) is 0 Å². The second-order valence-corrected chi connectivity index (χ2v) is 5.80. The molecule has 7 heteroatoms. The first-order chi connectivity index (χ1) is 11.1. The lowest BCUT2D eigenvalue weighted by Crippen LogP contribution is -2.38. The second kappa shape index (κ2) is 6.89. The van der Waals surface area contributed by atoms with Crippen LogP contribution in [-0.4, -0.2) is 64.5 Å². The quantitative estimate of drug-likeness (QED) is 0.914. The third-order valence-corrected chi connectivity index (χ3v) is 3.85. The van der Waals surface area contributed by atoms with Gasteiger partial charge in [-0.1, -0.05) is 0 Å². The zero-order chi connectivity index (χ0) is 16.2. The van der Waals surface area contributed by atoms with Gasteiger partial charge >= 0.3 is 0 Å². The molecule has 23 heavy (non-hydrogen) atoms. The van der Waals surface area contributed by atoms with Crippen LogP contribution in [0.1, 0.15) is 28.0 Å². The van der Waals surface area contributed by atoms with Crippen molar-refractivity contribution in [2.75, 3.05) is 33.8 Å². The van der Waals surface area contributed by atoms with E-state index in [9.17, 15) is 4.79 Å². The fourth-order valence-electron chi connectivity index (χ4n) is 2.60. The van der Waals surface area contributed by atoms with E-state index in [0.717, 1.165) is 31.2 Å². The number of H-pyrrole nitrogens is 1. The van der Waals surface area contributed by atoms with Crippen LogP contribution in [0.4, 0.5) is 0 Å². The molecular formula is C16H21N5O2. The second-order valence-electron chi connectivity index (χ2n) is 5.80. The lowest BCUT2D eigenvalue weighted by molar-refractivity contribution is -0.0356. The first-order valence-electron chi connectivity index (χ1n) is 7.63. The minimum Gasteiger partial charge on any atom is -0.369 e. The van der Waals surface area contributed by atoms with Gasteiger partial charge in [0.1, 0.15) is 11.9 Å². The molecule has 1 aliphatic rings. The number of nitrogens with zero attached hydrogens (tertiary/aromatic N) is 4. The average molecular weight is 315 g/mol. The molecule has 7 nitrogen and oxygen atoms in total. The van der Waals surface area contributed by atoms with Crippen molar-refractivity contribution in [1.29, 1.82) is 0 Å². The van der Waals surface area contributed by atoms with Crippen LogP contribution in [-0.2, 0) is 11.3 Å². The number of nitrogens with one attached hydrogen (secondary N) is 1. The van der Waals surface area contributed by atoms with Gasteiger partial charge in [0.05, 0.1) is 24.4 Å². The Morgan fingerprint density at radius 3 is 2.96 bits per heavy atom. The van der Waals surface area contributed by atoms with E-state index in [-0.39, 0.29) is 12.0 Å². The van der Waals surface area contributed by atoms with Crippen LogP contribution in [0.5, 0.6) is 0 Å². The van der Waals surface area contributed by atoms with E-state index in [1.54, 1.807) is 37.5 Å². The maximum absolute atomic E-state index is 11.9. The zero-order valence-corrected chi connectivity index (χ0v) is 13.4. The van der Waals surface area contributed by atoms with Crippen molar-refractivity contribution in [2.45, 2.75) is 12.6 Å². The predicted octanol–water partition coefficient (Wildman–Crippen LogP) is 1.08. The van der Waals surface area contributed by atoms with Gasteiger partial charge in [0.2, 0.25) is 0 Å². The van der Waals surface area contributed by atoms with Crippen LogP contribution in [0.25, 0.3) is 0 Å². The number of ether oxygens (including phenoxy) is 1. The molecule has 1 amide bonds. The Labute approximate surface area is 135 Å². The Balaban J connectivity index is 1.65. The monoisotopic (exact) mass is 315 g/mol. The summed E-state index contributed by atoms with van der Waals surface area (Å²) in [6.07, 6.45) is 5.12. The van der Waals surface area contributed by atoms with Gasteiger partial charge in [0.15, 0.2) is 0 Å². The van der Waals surface area contributed by atoms with Crippen molar-refractivity contribution in [3.8, 4) is 0 Å². The third-order valence-electron chi connectivity index (χ3n) is 3.85.